The first kappa shape index (κ1) is 19.1. The Bertz CT molecular complexity index is 1220. The van der Waals surface area contributed by atoms with Gasteiger partial charge in [-0.15, -0.1) is 21.5 Å². The van der Waals surface area contributed by atoms with Crippen LogP contribution in [0.25, 0.3) is 16.0 Å². The lowest BCUT2D eigenvalue weighted by molar-refractivity contribution is -0.116. The van der Waals surface area contributed by atoms with E-state index >= 15 is 0 Å². The lowest BCUT2D eigenvalue weighted by Gasteiger charge is -2.08. The molecule has 4 rings (SSSR count). The largest absolute Gasteiger partial charge is 0.497 e. The summed E-state index contributed by atoms with van der Waals surface area (Å²) in [6.45, 7) is 2.59. The predicted molar refractivity (Wildman–Crippen MR) is 113 cm³/mol. The van der Waals surface area contributed by atoms with Gasteiger partial charge in [-0.1, -0.05) is 6.92 Å². The molecule has 0 saturated heterocycles. The van der Waals surface area contributed by atoms with Gasteiger partial charge in [-0.3, -0.25) is 18.6 Å². The van der Waals surface area contributed by atoms with Gasteiger partial charge in [0.05, 0.1) is 12.6 Å². The lowest BCUT2D eigenvalue weighted by Crippen LogP contribution is -2.22. The monoisotopic (exact) mass is 411 g/mol. The highest BCUT2D eigenvalue weighted by Gasteiger charge is 2.17. The van der Waals surface area contributed by atoms with E-state index in [0.717, 1.165) is 17.7 Å². The molecule has 0 fully saturated rings. The number of rotatable bonds is 7. The zero-order valence-corrected chi connectivity index (χ0v) is 17.0. The molecule has 9 heteroatoms. The second-order valence-corrected chi connectivity index (χ2v) is 7.54. The number of carbonyl (C=O) groups is 1. The van der Waals surface area contributed by atoms with Crippen LogP contribution in [0.15, 0.2) is 40.5 Å². The molecule has 1 N–H and O–H groups in total. The SMILES string of the molecule is CCCn1c(=O)c2sccc2n2c(CCC(=O)Nc3ccc(OC)cc3)nnc12. The Labute approximate surface area is 170 Å². The van der Waals surface area contributed by atoms with Gasteiger partial charge in [-0.05, 0) is 42.1 Å². The molecular formula is C20H21N5O3S. The van der Waals surface area contributed by atoms with Gasteiger partial charge in [0.2, 0.25) is 11.7 Å². The van der Waals surface area contributed by atoms with Crippen molar-refractivity contribution in [3.8, 4) is 5.75 Å². The van der Waals surface area contributed by atoms with Crippen LogP contribution in [0.5, 0.6) is 5.75 Å². The third-order valence-corrected chi connectivity index (χ3v) is 5.57. The molecule has 150 valence electrons. The Morgan fingerprint density at radius 2 is 2.00 bits per heavy atom. The Balaban J connectivity index is 1.58. The van der Waals surface area contributed by atoms with Gasteiger partial charge in [0.15, 0.2) is 0 Å². The number of benzene rings is 1. The van der Waals surface area contributed by atoms with Crippen molar-refractivity contribution in [3.63, 3.8) is 0 Å². The number of thiophene rings is 1. The predicted octanol–water partition coefficient (Wildman–Crippen LogP) is 3.10. The standard InChI is InChI=1S/C20H21N5O3S/c1-3-11-24-19(27)18-15(10-12-29-18)25-16(22-23-20(24)25)8-9-17(26)21-13-4-6-14(28-2)7-5-13/h4-7,10,12H,3,8-9,11H2,1-2H3,(H,21,26). The van der Waals surface area contributed by atoms with Crippen molar-refractivity contribution in [3.05, 3.63) is 51.9 Å². The molecule has 0 aliphatic rings. The fourth-order valence-electron chi connectivity index (χ4n) is 3.29. The summed E-state index contributed by atoms with van der Waals surface area (Å²) in [5, 5.41) is 13.3. The van der Waals surface area contributed by atoms with E-state index in [1.807, 2.05) is 22.8 Å². The summed E-state index contributed by atoms with van der Waals surface area (Å²) >= 11 is 1.41. The molecule has 1 amide bonds. The second kappa shape index (κ2) is 8.04. The van der Waals surface area contributed by atoms with Crippen LogP contribution in [0.3, 0.4) is 0 Å². The maximum atomic E-state index is 12.7. The van der Waals surface area contributed by atoms with Crippen LogP contribution in [0, 0.1) is 0 Å². The van der Waals surface area contributed by atoms with E-state index in [1.54, 1.807) is 35.9 Å². The molecule has 0 spiro atoms. The Kier molecular flexibility index (Phi) is 5.30. The van der Waals surface area contributed by atoms with Crippen LogP contribution < -0.4 is 15.6 Å². The fourth-order valence-corrected chi connectivity index (χ4v) is 4.12. The number of aryl methyl sites for hydroxylation is 2. The Morgan fingerprint density at radius 3 is 2.72 bits per heavy atom. The number of nitrogens with zero attached hydrogens (tertiary/aromatic N) is 4. The molecular weight excluding hydrogens is 390 g/mol. The third kappa shape index (κ3) is 3.61. The summed E-state index contributed by atoms with van der Waals surface area (Å²) in [4.78, 5) is 25.1. The highest BCUT2D eigenvalue weighted by molar-refractivity contribution is 7.17. The van der Waals surface area contributed by atoms with Gasteiger partial charge < -0.3 is 10.1 Å². The minimum atomic E-state index is -0.115. The molecule has 0 atom stereocenters. The molecule has 8 nitrogen and oxygen atoms in total. The summed E-state index contributed by atoms with van der Waals surface area (Å²) in [7, 11) is 1.60. The molecule has 3 aromatic heterocycles. The first-order valence-electron chi connectivity index (χ1n) is 9.40. The molecule has 0 bridgehead atoms. The van der Waals surface area contributed by atoms with Crippen molar-refractivity contribution < 1.29 is 9.53 Å². The van der Waals surface area contributed by atoms with Crippen LogP contribution in [-0.2, 0) is 17.8 Å². The first-order chi connectivity index (χ1) is 14.1. The van der Waals surface area contributed by atoms with E-state index in [0.29, 0.717) is 35.0 Å². The lowest BCUT2D eigenvalue weighted by atomic mass is 10.2. The van der Waals surface area contributed by atoms with E-state index in [2.05, 4.69) is 15.5 Å². The van der Waals surface area contributed by atoms with Crippen molar-refractivity contribution in [2.24, 2.45) is 0 Å². The van der Waals surface area contributed by atoms with Gasteiger partial charge in [0.1, 0.15) is 16.3 Å². The fraction of sp³-hybridized carbons (Fsp3) is 0.300. The van der Waals surface area contributed by atoms with Crippen LogP contribution in [0.1, 0.15) is 25.6 Å². The number of ether oxygens (including phenoxy) is 1. The highest BCUT2D eigenvalue weighted by atomic mass is 32.1. The van der Waals surface area contributed by atoms with E-state index < -0.39 is 0 Å². The van der Waals surface area contributed by atoms with Gasteiger partial charge >= 0.3 is 0 Å². The first-order valence-corrected chi connectivity index (χ1v) is 10.3. The van der Waals surface area contributed by atoms with E-state index in [1.165, 1.54) is 11.3 Å². The van der Waals surface area contributed by atoms with Crippen molar-refractivity contribution in [1.82, 2.24) is 19.2 Å². The third-order valence-electron chi connectivity index (χ3n) is 4.68. The summed E-state index contributed by atoms with van der Waals surface area (Å²) < 4.78 is 9.35. The average molecular weight is 411 g/mol. The number of methoxy groups -OCH3 is 1. The second-order valence-electron chi connectivity index (χ2n) is 6.62. The molecule has 0 aliphatic carbocycles. The van der Waals surface area contributed by atoms with Crippen LogP contribution in [0.2, 0.25) is 0 Å². The number of hydrogen-bond acceptors (Lipinski definition) is 6. The topological polar surface area (TPSA) is 90.5 Å². The van der Waals surface area contributed by atoms with Crippen LogP contribution in [-0.4, -0.2) is 32.2 Å². The molecule has 0 radical (unpaired) electrons. The summed E-state index contributed by atoms with van der Waals surface area (Å²) in [5.41, 5.74) is 1.46. The number of nitrogens with one attached hydrogen (secondary N) is 1. The number of aromatic nitrogens is 4. The number of hydrogen-bond donors (Lipinski definition) is 1. The number of carbonyl (C=O) groups excluding carboxylic acids is 1. The molecule has 0 unspecified atom stereocenters. The molecule has 3 heterocycles. The zero-order chi connectivity index (χ0) is 20.4. The summed E-state index contributed by atoms with van der Waals surface area (Å²) in [5.74, 6) is 1.80. The molecule has 1 aromatic carbocycles. The van der Waals surface area contributed by atoms with Crippen molar-refractivity contribution >= 4 is 38.9 Å². The van der Waals surface area contributed by atoms with E-state index in [-0.39, 0.29) is 17.9 Å². The number of amides is 1. The highest BCUT2D eigenvalue weighted by Crippen LogP contribution is 2.21. The van der Waals surface area contributed by atoms with E-state index in [9.17, 15) is 9.59 Å². The molecule has 0 aliphatic heterocycles. The van der Waals surface area contributed by atoms with E-state index in [4.69, 9.17) is 4.74 Å². The number of fused-ring (bicyclic) bond motifs is 3. The maximum absolute atomic E-state index is 12.7. The zero-order valence-electron chi connectivity index (χ0n) is 16.2. The van der Waals surface area contributed by atoms with Gasteiger partial charge in [0, 0.05) is 25.1 Å². The van der Waals surface area contributed by atoms with Crippen LogP contribution in [0.4, 0.5) is 5.69 Å². The maximum Gasteiger partial charge on any atom is 0.272 e. The molecule has 4 aromatic rings. The quantitative estimate of drug-likeness (QED) is 0.505. The van der Waals surface area contributed by atoms with Gasteiger partial charge in [-0.2, -0.15) is 0 Å². The van der Waals surface area contributed by atoms with Crippen molar-refractivity contribution in [1.29, 1.82) is 0 Å². The Morgan fingerprint density at radius 1 is 1.21 bits per heavy atom. The molecule has 29 heavy (non-hydrogen) atoms. The normalized spacial score (nSPS) is 11.2. The summed E-state index contributed by atoms with van der Waals surface area (Å²) in [6, 6.07) is 9.07. The van der Waals surface area contributed by atoms with Gasteiger partial charge in [0.25, 0.3) is 5.56 Å². The average Bonchev–Trinajstić information content (AvgIpc) is 3.37. The number of anilines is 1. The summed E-state index contributed by atoms with van der Waals surface area (Å²) in [6.07, 6.45) is 1.49. The van der Waals surface area contributed by atoms with Crippen LogP contribution >= 0.6 is 11.3 Å². The van der Waals surface area contributed by atoms with Crippen molar-refractivity contribution in [2.75, 3.05) is 12.4 Å². The van der Waals surface area contributed by atoms with Crippen molar-refractivity contribution in [2.45, 2.75) is 32.7 Å². The minimum absolute atomic E-state index is 0.0412. The smallest absolute Gasteiger partial charge is 0.272 e. The minimum Gasteiger partial charge on any atom is -0.497 e. The van der Waals surface area contributed by atoms with Gasteiger partial charge in [-0.25, -0.2) is 0 Å². The molecule has 0 saturated carbocycles. The Hall–Kier alpha value is -3.20.